The molecule has 0 heterocycles. The molecule has 24 heavy (non-hydrogen) atoms. The van der Waals surface area contributed by atoms with E-state index in [9.17, 15) is 9.59 Å². The Balaban J connectivity index is 2.05. The highest BCUT2D eigenvalue weighted by atomic mass is 16.2. The normalized spacial score (nSPS) is 10.6. The number of nitrogens with one attached hydrogen (secondary N) is 2. The quantitative estimate of drug-likeness (QED) is 0.456. The van der Waals surface area contributed by atoms with Gasteiger partial charge >= 0.3 is 0 Å². The molecule has 0 bridgehead atoms. The molecule has 0 aliphatic carbocycles. The van der Waals surface area contributed by atoms with Crippen LogP contribution in [-0.4, -0.2) is 11.8 Å². The minimum atomic E-state index is -0.597. The molecular weight excluding hydrogens is 304 g/mol. The van der Waals surface area contributed by atoms with Crippen LogP contribution >= 0.6 is 0 Å². The molecule has 2 amide bonds. The van der Waals surface area contributed by atoms with Crippen LogP contribution in [0.4, 0.5) is 11.4 Å². The Kier molecular flexibility index (Phi) is 5.32. The fourth-order valence-corrected chi connectivity index (χ4v) is 1.93. The van der Waals surface area contributed by atoms with E-state index in [4.69, 9.17) is 11.0 Å². The minimum Gasteiger partial charge on any atom is -0.399 e. The first-order valence-electron chi connectivity index (χ1n) is 7.14. The molecule has 0 saturated carbocycles. The maximum atomic E-state index is 12.1. The van der Waals surface area contributed by atoms with Gasteiger partial charge in [0.05, 0.1) is 0 Å². The largest absolute Gasteiger partial charge is 0.399 e. The second kappa shape index (κ2) is 7.61. The predicted octanol–water partition coefficient (Wildman–Crippen LogP) is 2.35. The van der Waals surface area contributed by atoms with Crippen molar-refractivity contribution in [3.63, 3.8) is 0 Å². The number of rotatable bonds is 4. The molecule has 0 saturated heterocycles. The number of anilines is 2. The lowest BCUT2D eigenvalue weighted by molar-refractivity contribution is -0.112. The molecule has 2 rings (SSSR count). The molecule has 2 aromatic rings. The number of amides is 2. The summed E-state index contributed by atoms with van der Waals surface area (Å²) < 4.78 is 0. The minimum absolute atomic E-state index is 0.208. The van der Waals surface area contributed by atoms with E-state index in [1.165, 1.54) is 0 Å². The van der Waals surface area contributed by atoms with Gasteiger partial charge in [-0.3, -0.25) is 9.59 Å². The second-order valence-corrected chi connectivity index (χ2v) is 5.09. The van der Waals surface area contributed by atoms with Crippen molar-refractivity contribution >= 4 is 23.2 Å². The Morgan fingerprint density at radius 1 is 1.17 bits per heavy atom. The van der Waals surface area contributed by atoms with Crippen molar-refractivity contribution in [3.8, 4) is 6.07 Å². The SMILES string of the molecule is Cc1cccc(NC(=O)/C(C#N)=C\NC(=O)c2ccc(N)cc2)c1. The summed E-state index contributed by atoms with van der Waals surface area (Å²) in [5.41, 5.74) is 7.81. The van der Waals surface area contributed by atoms with Gasteiger partial charge in [-0.2, -0.15) is 5.26 Å². The Bertz CT molecular complexity index is 833. The molecule has 0 fully saturated rings. The van der Waals surface area contributed by atoms with Gasteiger partial charge in [-0.15, -0.1) is 0 Å². The third kappa shape index (κ3) is 4.45. The van der Waals surface area contributed by atoms with E-state index in [0.29, 0.717) is 16.9 Å². The van der Waals surface area contributed by atoms with E-state index in [2.05, 4.69) is 10.6 Å². The van der Waals surface area contributed by atoms with E-state index in [1.807, 2.05) is 13.0 Å². The van der Waals surface area contributed by atoms with Crippen molar-refractivity contribution in [1.29, 1.82) is 5.26 Å². The lowest BCUT2D eigenvalue weighted by atomic mass is 10.2. The number of carbonyl (C=O) groups excluding carboxylic acids is 2. The van der Waals surface area contributed by atoms with Crippen LogP contribution in [-0.2, 0) is 4.79 Å². The first-order chi connectivity index (χ1) is 11.5. The topological polar surface area (TPSA) is 108 Å². The molecular formula is C18H16N4O2. The van der Waals surface area contributed by atoms with Gasteiger partial charge in [0, 0.05) is 23.1 Å². The molecule has 2 aromatic carbocycles. The number of nitrogens with zero attached hydrogens (tertiary/aromatic N) is 1. The zero-order chi connectivity index (χ0) is 17.5. The zero-order valence-corrected chi connectivity index (χ0v) is 13.0. The van der Waals surface area contributed by atoms with Gasteiger partial charge in [-0.25, -0.2) is 0 Å². The number of hydrogen-bond donors (Lipinski definition) is 3. The Morgan fingerprint density at radius 3 is 2.50 bits per heavy atom. The van der Waals surface area contributed by atoms with E-state index in [1.54, 1.807) is 48.5 Å². The molecule has 0 aliphatic heterocycles. The number of aryl methyl sites for hydroxylation is 1. The summed E-state index contributed by atoms with van der Waals surface area (Å²) in [6, 6.07) is 15.2. The van der Waals surface area contributed by atoms with Crippen molar-refractivity contribution < 1.29 is 9.59 Å². The van der Waals surface area contributed by atoms with Crippen molar-refractivity contribution in [2.45, 2.75) is 6.92 Å². The van der Waals surface area contributed by atoms with Crippen LogP contribution in [0.2, 0.25) is 0 Å². The lowest BCUT2D eigenvalue weighted by Crippen LogP contribution is -2.21. The highest BCUT2D eigenvalue weighted by molar-refractivity contribution is 6.07. The molecule has 0 aromatic heterocycles. The van der Waals surface area contributed by atoms with Crippen LogP contribution in [0.15, 0.2) is 60.3 Å². The van der Waals surface area contributed by atoms with E-state index < -0.39 is 11.8 Å². The molecule has 0 atom stereocenters. The predicted molar refractivity (Wildman–Crippen MR) is 91.8 cm³/mol. The van der Waals surface area contributed by atoms with Crippen molar-refractivity contribution in [1.82, 2.24) is 5.32 Å². The smallest absolute Gasteiger partial charge is 0.267 e. The summed E-state index contributed by atoms with van der Waals surface area (Å²) >= 11 is 0. The summed E-state index contributed by atoms with van der Waals surface area (Å²) in [7, 11) is 0. The monoisotopic (exact) mass is 320 g/mol. The summed E-state index contributed by atoms with van der Waals surface area (Å²) in [5, 5.41) is 14.1. The average molecular weight is 320 g/mol. The van der Waals surface area contributed by atoms with Crippen LogP contribution in [0, 0.1) is 18.3 Å². The number of nitrogens with two attached hydrogens (primary N) is 1. The summed E-state index contributed by atoms with van der Waals surface area (Å²) in [6.07, 6.45) is 1.09. The Hall–Kier alpha value is -3.59. The molecule has 4 N–H and O–H groups in total. The fraction of sp³-hybridized carbons (Fsp3) is 0.0556. The van der Waals surface area contributed by atoms with Crippen molar-refractivity contribution in [2.75, 3.05) is 11.1 Å². The zero-order valence-electron chi connectivity index (χ0n) is 13.0. The molecule has 0 radical (unpaired) electrons. The van der Waals surface area contributed by atoms with Crippen molar-refractivity contribution in [2.24, 2.45) is 0 Å². The van der Waals surface area contributed by atoms with Crippen LogP contribution in [0.3, 0.4) is 0 Å². The summed E-state index contributed by atoms with van der Waals surface area (Å²) in [6.45, 7) is 1.89. The van der Waals surface area contributed by atoms with Crippen molar-refractivity contribution in [3.05, 3.63) is 71.4 Å². The second-order valence-electron chi connectivity index (χ2n) is 5.09. The molecule has 0 aliphatic rings. The van der Waals surface area contributed by atoms with Gasteiger partial charge in [0.25, 0.3) is 11.8 Å². The third-order valence-corrected chi connectivity index (χ3v) is 3.16. The van der Waals surface area contributed by atoms with Crippen LogP contribution in [0.25, 0.3) is 0 Å². The van der Waals surface area contributed by atoms with E-state index >= 15 is 0 Å². The average Bonchev–Trinajstić information content (AvgIpc) is 2.56. The number of nitrogen functional groups attached to an aromatic ring is 1. The summed E-state index contributed by atoms with van der Waals surface area (Å²) in [4.78, 5) is 24.0. The molecule has 6 nitrogen and oxygen atoms in total. The highest BCUT2D eigenvalue weighted by Crippen LogP contribution is 2.11. The van der Waals surface area contributed by atoms with Crippen LogP contribution in [0.5, 0.6) is 0 Å². The fourth-order valence-electron chi connectivity index (χ4n) is 1.93. The number of benzene rings is 2. The van der Waals surface area contributed by atoms with Gasteiger partial charge in [-0.1, -0.05) is 12.1 Å². The maximum absolute atomic E-state index is 12.1. The highest BCUT2D eigenvalue weighted by Gasteiger charge is 2.11. The van der Waals surface area contributed by atoms with E-state index in [-0.39, 0.29) is 5.57 Å². The van der Waals surface area contributed by atoms with Gasteiger partial charge in [0.15, 0.2) is 0 Å². The maximum Gasteiger partial charge on any atom is 0.267 e. The number of hydrogen-bond acceptors (Lipinski definition) is 4. The Labute approximate surface area is 139 Å². The number of carbonyl (C=O) groups is 2. The molecule has 0 unspecified atom stereocenters. The lowest BCUT2D eigenvalue weighted by Gasteiger charge is -2.05. The molecule has 120 valence electrons. The van der Waals surface area contributed by atoms with Crippen LogP contribution in [0.1, 0.15) is 15.9 Å². The first kappa shape index (κ1) is 16.8. The summed E-state index contributed by atoms with van der Waals surface area (Å²) in [5.74, 6) is -1.04. The van der Waals surface area contributed by atoms with Gasteiger partial charge in [0.2, 0.25) is 0 Å². The number of nitriles is 1. The van der Waals surface area contributed by atoms with E-state index in [0.717, 1.165) is 11.8 Å². The standard InChI is InChI=1S/C18H16N4O2/c1-12-3-2-4-16(9-12)22-18(24)14(10-19)11-21-17(23)13-5-7-15(20)8-6-13/h2-9,11H,20H2,1H3,(H,21,23)(H,22,24)/b14-11-. The molecule has 0 spiro atoms. The third-order valence-electron chi connectivity index (χ3n) is 3.16. The van der Waals surface area contributed by atoms with Crippen LogP contribution < -0.4 is 16.4 Å². The molecule has 6 heteroatoms. The van der Waals surface area contributed by atoms with Gasteiger partial charge < -0.3 is 16.4 Å². The first-order valence-corrected chi connectivity index (χ1v) is 7.14. The van der Waals surface area contributed by atoms with Gasteiger partial charge in [0.1, 0.15) is 11.6 Å². The Morgan fingerprint density at radius 2 is 1.88 bits per heavy atom. The van der Waals surface area contributed by atoms with Gasteiger partial charge in [-0.05, 0) is 48.9 Å².